The van der Waals surface area contributed by atoms with Gasteiger partial charge >= 0.3 is 0 Å². The lowest BCUT2D eigenvalue weighted by atomic mass is 10.3. The zero-order chi connectivity index (χ0) is 8.39. The van der Waals surface area contributed by atoms with E-state index in [1.54, 1.807) is 12.5 Å². The molecular weight excluding hydrogens is 152 g/mol. The van der Waals surface area contributed by atoms with Crippen LogP contribution >= 0.6 is 0 Å². The molecule has 2 aromatic heterocycles. The molecule has 0 saturated heterocycles. The van der Waals surface area contributed by atoms with Crippen molar-refractivity contribution in [3.63, 3.8) is 0 Å². The second-order valence-electron chi connectivity index (χ2n) is 2.51. The molecule has 0 saturated carbocycles. The molecular formula is C9H8N2O. The molecule has 3 nitrogen and oxygen atoms in total. The van der Waals surface area contributed by atoms with Gasteiger partial charge in [-0.25, -0.2) is 4.98 Å². The lowest BCUT2D eigenvalue weighted by Crippen LogP contribution is -1.80. The number of rotatable bonds is 1. The maximum Gasteiger partial charge on any atom is 0.245 e. The number of oxazole rings is 1. The SMILES string of the molecule is Cc1coc(-c2ccccn2)n1. The third-order valence-electron chi connectivity index (χ3n) is 1.50. The highest BCUT2D eigenvalue weighted by molar-refractivity contribution is 5.45. The van der Waals surface area contributed by atoms with E-state index in [2.05, 4.69) is 9.97 Å². The molecule has 3 heteroatoms. The van der Waals surface area contributed by atoms with Gasteiger partial charge in [-0.1, -0.05) is 6.07 Å². The van der Waals surface area contributed by atoms with Gasteiger partial charge in [-0.2, -0.15) is 0 Å². The molecule has 0 spiro atoms. The molecule has 0 unspecified atom stereocenters. The predicted molar refractivity (Wildman–Crippen MR) is 44.5 cm³/mol. The Morgan fingerprint density at radius 3 is 2.83 bits per heavy atom. The van der Waals surface area contributed by atoms with Crippen LogP contribution in [0.2, 0.25) is 0 Å². The largest absolute Gasteiger partial charge is 0.443 e. The van der Waals surface area contributed by atoms with Crippen LogP contribution in [0.25, 0.3) is 11.6 Å². The highest BCUT2D eigenvalue weighted by Crippen LogP contribution is 2.14. The minimum Gasteiger partial charge on any atom is -0.443 e. The fraction of sp³-hybridized carbons (Fsp3) is 0.111. The van der Waals surface area contributed by atoms with E-state index in [-0.39, 0.29) is 0 Å². The van der Waals surface area contributed by atoms with E-state index in [1.807, 2.05) is 25.1 Å². The Bertz CT molecular complexity index is 367. The van der Waals surface area contributed by atoms with Gasteiger partial charge < -0.3 is 4.42 Å². The topological polar surface area (TPSA) is 38.9 Å². The summed E-state index contributed by atoms with van der Waals surface area (Å²) in [6, 6.07) is 5.63. The standard InChI is InChI=1S/C9H8N2O/c1-7-6-12-9(11-7)8-4-2-3-5-10-8/h2-6H,1H3. The number of nitrogens with zero attached hydrogens (tertiary/aromatic N) is 2. The average molecular weight is 160 g/mol. The molecule has 0 fully saturated rings. The number of hydrogen-bond acceptors (Lipinski definition) is 3. The van der Waals surface area contributed by atoms with Gasteiger partial charge in [0.05, 0.1) is 5.69 Å². The molecule has 0 aliphatic carbocycles. The minimum absolute atomic E-state index is 0.577. The van der Waals surface area contributed by atoms with Crippen LogP contribution in [0.3, 0.4) is 0 Å². The van der Waals surface area contributed by atoms with Crippen LogP contribution in [-0.2, 0) is 0 Å². The first-order chi connectivity index (χ1) is 5.86. The molecule has 2 heterocycles. The first-order valence-corrected chi connectivity index (χ1v) is 3.70. The Balaban J connectivity index is 2.45. The van der Waals surface area contributed by atoms with Crippen LogP contribution < -0.4 is 0 Å². The van der Waals surface area contributed by atoms with Crippen molar-refractivity contribution in [2.75, 3.05) is 0 Å². The fourth-order valence-corrected chi connectivity index (χ4v) is 0.961. The van der Waals surface area contributed by atoms with Gasteiger partial charge in [0.15, 0.2) is 0 Å². The summed E-state index contributed by atoms with van der Waals surface area (Å²) >= 11 is 0. The van der Waals surface area contributed by atoms with Crippen molar-refractivity contribution in [1.29, 1.82) is 0 Å². The molecule has 0 bridgehead atoms. The van der Waals surface area contributed by atoms with Crippen molar-refractivity contribution < 1.29 is 4.42 Å². The molecule has 0 aliphatic heterocycles. The summed E-state index contributed by atoms with van der Waals surface area (Å²) in [5.74, 6) is 0.577. The van der Waals surface area contributed by atoms with Crippen LogP contribution in [0.4, 0.5) is 0 Å². The minimum atomic E-state index is 0.577. The second-order valence-corrected chi connectivity index (χ2v) is 2.51. The van der Waals surface area contributed by atoms with E-state index in [9.17, 15) is 0 Å². The molecule has 2 aromatic rings. The van der Waals surface area contributed by atoms with Crippen LogP contribution in [0, 0.1) is 6.92 Å². The van der Waals surface area contributed by atoms with Gasteiger partial charge in [0, 0.05) is 6.20 Å². The molecule has 0 aromatic carbocycles. The maximum atomic E-state index is 5.18. The Morgan fingerprint density at radius 2 is 2.25 bits per heavy atom. The zero-order valence-corrected chi connectivity index (χ0v) is 6.69. The van der Waals surface area contributed by atoms with Crippen molar-refractivity contribution in [3.8, 4) is 11.6 Å². The molecule has 0 aliphatic rings. The third-order valence-corrected chi connectivity index (χ3v) is 1.50. The first kappa shape index (κ1) is 7.03. The third kappa shape index (κ3) is 1.21. The van der Waals surface area contributed by atoms with E-state index >= 15 is 0 Å². The molecule has 0 atom stereocenters. The summed E-state index contributed by atoms with van der Waals surface area (Å²) in [7, 11) is 0. The molecule has 60 valence electrons. The highest BCUT2D eigenvalue weighted by atomic mass is 16.3. The zero-order valence-electron chi connectivity index (χ0n) is 6.69. The van der Waals surface area contributed by atoms with Crippen molar-refractivity contribution in [1.82, 2.24) is 9.97 Å². The molecule has 0 radical (unpaired) electrons. The Kier molecular flexibility index (Phi) is 1.63. The van der Waals surface area contributed by atoms with Gasteiger partial charge in [0.1, 0.15) is 12.0 Å². The maximum absolute atomic E-state index is 5.18. The fourth-order valence-electron chi connectivity index (χ4n) is 0.961. The van der Waals surface area contributed by atoms with Gasteiger partial charge in [0.2, 0.25) is 5.89 Å². The number of aromatic nitrogens is 2. The molecule has 0 N–H and O–H groups in total. The van der Waals surface area contributed by atoms with Gasteiger partial charge in [-0.05, 0) is 19.1 Å². The van der Waals surface area contributed by atoms with E-state index in [1.165, 1.54) is 0 Å². The normalized spacial score (nSPS) is 10.1. The smallest absolute Gasteiger partial charge is 0.245 e. The Labute approximate surface area is 70.1 Å². The van der Waals surface area contributed by atoms with Crippen molar-refractivity contribution in [2.24, 2.45) is 0 Å². The number of hydrogen-bond donors (Lipinski definition) is 0. The van der Waals surface area contributed by atoms with Gasteiger partial charge in [-0.15, -0.1) is 0 Å². The summed E-state index contributed by atoms with van der Waals surface area (Å²) < 4.78 is 5.18. The van der Waals surface area contributed by atoms with E-state index in [0.29, 0.717) is 5.89 Å². The summed E-state index contributed by atoms with van der Waals surface area (Å²) in [6.07, 6.45) is 3.33. The summed E-state index contributed by atoms with van der Waals surface area (Å²) in [4.78, 5) is 8.26. The van der Waals surface area contributed by atoms with E-state index in [0.717, 1.165) is 11.4 Å². The van der Waals surface area contributed by atoms with Crippen LogP contribution in [0.15, 0.2) is 35.1 Å². The van der Waals surface area contributed by atoms with Gasteiger partial charge in [0.25, 0.3) is 0 Å². The molecule has 0 amide bonds. The summed E-state index contributed by atoms with van der Waals surface area (Å²) in [5.41, 5.74) is 1.64. The highest BCUT2D eigenvalue weighted by Gasteiger charge is 2.03. The van der Waals surface area contributed by atoms with Crippen molar-refractivity contribution >= 4 is 0 Å². The first-order valence-electron chi connectivity index (χ1n) is 3.70. The number of pyridine rings is 1. The average Bonchev–Trinajstić information content (AvgIpc) is 2.54. The second kappa shape index (κ2) is 2.77. The molecule has 12 heavy (non-hydrogen) atoms. The van der Waals surface area contributed by atoms with Crippen LogP contribution in [0.1, 0.15) is 5.69 Å². The van der Waals surface area contributed by atoms with Crippen molar-refractivity contribution in [3.05, 3.63) is 36.4 Å². The van der Waals surface area contributed by atoms with Crippen LogP contribution in [-0.4, -0.2) is 9.97 Å². The van der Waals surface area contributed by atoms with E-state index in [4.69, 9.17) is 4.42 Å². The lowest BCUT2D eigenvalue weighted by Gasteiger charge is -1.90. The quantitative estimate of drug-likeness (QED) is 0.640. The Morgan fingerprint density at radius 1 is 1.33 bits per heavy atom. The van der Waals surface area contributed by atoms with Gasteiger partial charge in [-0.3, -0.25) is 4.98 Å². The monoisotopic (exact) mass is 160 g/mol. The predicted octanol–water partition coefficient (Wildman–Crippen LogP) is 2.05. The summed E-state index contributed by atoms with van der Waals surface area (Å²) in [5, 5.41) is 0. The van der Waals surface area contributed by atoms with E-state index < -0.39 is 0 Å². The summed E-state index contributed by atoms with van der Waals surface area (Å²) in [6.45, 7) is 1.88. The number of aryl methyl sites for hydroxylation is 1. The van der Waals surface area contributed by atoms with Crippen LogP contribution in [0.5, 0.6) is 0 Å². The van der Waals surface area contributed by atoms with Crippen molar-refractivity contribution in [2.45, 2.75) is 6.92 Å². The Hall–Kier alpha value is -1.64. The lowest BCUT2D eigenvalue weighted by molar-refractivity contribution is 0.571. The molecule has 2 rings (SSSR count).